The van der Waals surface area contributed by atoms with Gasteiger partial charge in [-0.25, -0.2) is 4.99 Å². The van der Waals surface area contributed by atoms with Gasteiger partial charge in [0.05, 0.1) is 25.3 Å². The van der Waals surface area contributed by atoms with Crippen LogP contribution in [0.25, 0.3) is 0 Å². The van der Waals surface area contributed by atoms with E-state index in [-0.39, 0.29) is 0 Å². The number of hydrogen-bond donors (Lipinski definition) is 2. The summed E-state index contributed by atoms with van der Waals surface area (Å²) >= 11 is 6.09. The Hall–Kier alpha value is -2.44. The molecule has 0 saturated heterocycles. The predicted octanol–water partition coefficient (Wildman–Crippen LogP) is 3.30. The van der Waals surface area contributed by atoms with Gasteiger partial charge in [-0.2, -0.15) is 0 Å². The van der Waals surface area contributed by atoms with E-state index in [4.69, 9.17) is 31.5 Å². The molecule has 3 N–H and O–H groups in total. The quantitative estimate of drug-likeness (QED) is 0.427. The Morgan fingerprint density at radius 3 is 2.72 bits per heavy atom. The molecule has 0 unspecified atom stereocenters. The number of guanidine groups is 1. The lowest BCUT2D eigenvalue weighted by Gasteiger charge is -2.09. The highest BCUT2D eigenvalue weighted by molar-refractivity contribution is 6.32. The Morgan fingerprint density at radius 1 is 1.16 bits per heavy atom. The zero-order chi connectivity index (χ0) is 18.1. The highest BCUT2D eigenvalue weighted by atomic mass is 35.5. The van der Waals surface area contributed by atoms with Crippen LogP contribution in [0.3, 0.4) is 0 Å². The SMILES string of the molecule is COCCOc1cccc(CN=C(N)Nc2ccc(OC)c(Cl)c2)c1. The average molecular weight is 364 g/mol. The largest absolute Gasteiger partial charge is 0.495 e. The molecule has 0 aliphatic heterocycles. The van der Waals surface area contributed by atoms with Gasteiger partial charge < -0.3 is 25.3 Å². The summed E-state index contributed by atoms with van der Waals surface area (Å²) < 4.78 is 15.7. The zero-order valence-corrected chi connectivity index (χ0v) is 15.0. The van der Waals surface area contributed by atoms with Crippen LogP contribution in [0.5, 0.6) is 11.5 Å². The first-order valence-electron chi connectivity index (χ1n) is 7.73. The summed E-state index contributed by atoms with van der Waals surface area (Å²) in [6.45, 7) is 1.49. The Bertz CT molecular complexity index is 722. The van der Waals surface area contributed by atoms with E-state index in [0.717, 1.165) is 17.0 Å². The van der Waals surface area contributed by atoms with Crippen molar-refractivity contribution in [1.29, 1.82) is 0 Å². The van der Waals surface area contributed by atoms with Crippen LogP contribution in [0.15, 0.2) is 47.5 Å². The standard InChI is InChI=1S/C18H22ClN3O3/c1-23-8-9-25-15-5-3-4-13(10-15)12-21-18(20)22-14-6-7-17(24-2)16(19)11-14/h3-7,10-11H,8-9,12H2,1-2H3,(H3,20,21,22). The molecular weight excluding hydrogens is 342 g/mol. The molecule has 0 aliphatic carbocycles. The first-order valence-corrected chi connectivity index (χ1v) is 8.11. The van der Waals surface area contributed by atoms with Crippen molar-refractivity contribution in [2.45, 2.75) is 6.54 Å². The second-order valence-electron chi connectivity index (χ2n) is 5.16. The molecule has 0 amide bonds. The van der Waals surface area contributed by atoms with Crippen LogP contribution in [-0.2, 0) is 11.3 Å². The van der Waals surface area contributed by atoms with Gasteiger partial charge >= 0.3 is 0 Å². The van der Waals surface area contributed by atoms with E-state index in [2.05, 4.69) is 10.3 Å². The number of benzene rings is 2. The number of ether oxygens (including phenoxy) is 3. The van der Waals surface area contributed by atoms with Gasteiger partial charge in [-0.05, 0) is 35.9 Å². The van der Waals surface area contributed by atoms with Crippen molar-refractivity contribution in [2.24, 2.45) is 10.7 Å². The minimum atomic E-state index is 0.298. The Labute approximate surface area is 152 Å². The second-order valence-corrected chi connectivity index (χ2v) is 5.57. The second kappa shape index (κ2) is 9.76. The van der Waals surface area contributed by atoms with Gasteiger partial charge in [0.1, 0.15) is 18.1 Å². The summed E-state index contributed by atoms with van der Waals surface area (Å²) in [6, 6.07) is 13.0. The van der Waals surface area contributed by atoms with E-state index in [1.807, 2.05) is 30.3 Å². The molecule has 2 aromatic rings. The van der Waals surface area contributed by atoms with Gasteiger partial charge in [0.2, 0.25) is 0 Å². The average Bonchev–Trinajstić information content (AvgIpc) is 2.61. The summed E-state index contributed by atoms with van der Waals surface area (Å²) in [5.41, 5.74) is 7.66. The molecule has 0 spiro atoms. The highest BCUT2D eigenvalue weighted by Gasteiger charge is 2.03. The highest BCUT2D eigenvalue weighted by Crippen LogP contribution is 2.27. The Balaban J connectivity index is 1.94. The van der Waals surface area contributed by atoms with Gasteiger partial charge in [0.25, 0.3) is 0 Å². The monoisotopic (exact) mass is 363 g/mol. The number of rotatable bonds is 8. The number of halogens is 1. The molecule has 134 valence electrons. The molecule has 0 aromatic heterocycles. The first kappa shape index (κ1) is 18.9. The fraction of sp³-hybridized carbons (Fsp3) is 0.278. The topological polar surface area (TPSA) is 78.1 Å². The minimum Gasteiger partial charge on any atom is -0.495 e. The normalized spacial score (nSPS) is 11.2. The Morgan fingerprint density at radius 2 is 2.00 bits per heavy atom. The molecule has 0 bridgehead atoms. The molecule has 0 heterocycles. The number of aliphatic imine (C=N–C) groups is 1. The molecular formula is C18H22ClN3O3. The lowest BCUT2D eigenvalue weighted by Crippen LogP contribution is -2.22. The van der Waals surface area contributed by atoms with Crippen LogP contribution in [0.2, 0.25) is 5.02 Å². The van der Waals surface area contributed by atoms with E-state index in [0.29, 0.717) is 36.5 Å². The summed E-state index contributed by atoms with van der Waals surface area (Å²) in [5, 5.41) is 3.50. The van der Waals surface area contributed by atoms with Crippen LogP contribution in [0.4, 0.5) is 5.69 Å². The van der Waals surface area contributed by atoms with E-state index >= 15 is 0 Å². The molecule has 0 radical (unpaired) electrons. The van der Waals surface area contributed by atoms with Crippen molar-refractivity contribution in [2.75, 3.05) is 32.8 Å². The van der Waals surface area contributed by atoms with Crippen molar-refractivity contribution in [1.82, 2.24) is 0 Å². The summed E-state index contributed by atoms with van der Waals surface area (Å²) in [7, 11) is 3.21. The van der Waals surface area contributed by atoms with Crippen LogP contribution in [0, 0.1) is 0 Å². The third-order valence-corrected chi connectivity index (χ3v) is 3.61. The van der Waals surface area contributed by atoms with Crippen LogP contribution in [0.1, 0.15) is 5.56 Å². The fourth-order valence-corrected chi connectivity index (χ4v) is 2.34. The van der Waals surface area contributed by atoms with Crippen LogP contribution >= 0.6 is 11.6 Å². The molecule has 0 fully saturated rings. The van der Waals surface area contributed by atoms with Crippen molar-refractivity contribution >= 4 is 23.2 Å². The molecule has 7 heteroatoms. The minimum absolute atomic E-state index is 0.298. The maximum Gasteiger partial charge on any atom is 0.193 e. The number of methoxy groups -OCH3 is 2. The van der Waals surface area contributed by atoms with Crippen molar-refractivity contribution < 1.29 is 14.2 Å². The number of anilines is 1. The van der Waals surface area contributed by atoms with E-state index in [1.165, 1.54) is 0 Å². The molecule has 2 rings (SSSR count). The van der Waals surface area contributed by atoms with Gasteiger partial charge in [-0.15, -0.1) is 0 Å². The molecule has 0 saturated carbocycles. The maximum atomic E-state index is 6.09. The third-order valence-electron chi connectivity index (χ3n) is 3.31. The van der Waals surface area contributed by atoms with Gasteiger partial charge in [0, 0.05) is 12.8 Å². The smallest absolute Gasteiger partial charge is 0.193 e. The molecule has 0 aliphatic rings. The van der Waals surface area contributed by atoms with Crippen molar-refractivity contribution in [3.63, 3.8) is 0 Å². The molecule has 2 aromatic carbocycles. The van der Waals surface area contributed by atoms with E-state index < -0.39 is 0 Å². The lowest BCUT2D eigenvalue weighted by molar-refractivity contribution is 0.146. The van der Waals surface area contributed by atoms with E-state index in [9.17, 15) is 0 Å². The van der Waals surface area contributed by atoms with Crippen LogP contribution < -0.4 is 20.5 Å². The maximum absolute atomic E-state index is 6.09. The number of nitrogens with zero attached hydrogens (tertiary/aromatic N) is 1. The van der Waals surface area contributed by atoms with Gasteiger partial charge in [0.15, 0.2) is 5.96 Å². The van der Waals surface area contributed by atoms with Crippen molar-refractivity contribution in [3.05, 3.63) is 53.1 Å². The Kier molecular flexibility index (Phi) is 7.37. The summed E-state index contributed by atoms with van der Waals surface area (Å²) in [6.07, 6.45) is 0. The van der Waals surface area contributed by atoms with Crippen molar-refractivity contribution in [3.8, 4) is 11.5 Å². The lowest BCUT2D eigenvalue weighted by atomic mass is 10.2. The summed E-state index contributed by atoms with van der Waals surface area (Å²) in [4.78, 5) is 4.33. The zero-order valence-electron chi connectivity index (χ0n) is 14.3. The predicted molar refractivity (Wildman–Crippen MR) is 101 cm³/mol. The summed E-state index contributed by atoms with van der Waals surface area (Å²) in [5.74, 6) is 1.68. The molecule has 25 heavy (non-hydrogen) atoms. The van der Waals surface area contributed by atoms with E-state index in [1.54, 1.807) is 26.4 Å². The molecule has 0 atom stereocenters. The van der Waals surface area contributed by atoms with Crippen LogP contribution in [-0.4, -0.2) is 33.4 Å². The number of hydrogen-bond acceptors (Lipinski definition) is 4. The fourth-order valence-electron chi connectivity index (χ4n) is 2.08. The van der Waals surface area contributed by atoms with Gasteiger partial charge in [-0.1, -0.05) is 23.7 Å². The number of nitrogens with two attached hydrogens (primary N) is 1. The first-order chi connectivity index (χ1) is 12.1. The van der Waals surface area contributed by atoms with Gasteiger partial charge in [-0.3, -0.25) is 0 Å². The molecule has 6 nitrogen and oxygen atoms in total. The number of nitrogens with one attached hydrogen (secondary N) is 1. The third kappa shape index (κ3) is 6.17.